The van der Waals surface area contributed by atoms with Gasteiger partial charge in [-0.1, -0.05) is 11.8 Å². The molecule has 0 aliphatic rings. The van der Waals surface area contributed by atoms with Crippen molar-refractivity contribution in [1.82, 2.24) is 4.31 Å². The Kier molecular flexibility index (Phi) is 5.82. The van der Waals surface area contributed by atoms with Crippen molar-refractivity contribution in [2.75, 3.05) is 19.4 Å². The van der Waals surface area contributed by atoms with Crippen LogP contribution in [0.4, 0.5) is 0 Å². The highest BCUT2D eigenvalue weighted by Gasteiger charge is 2.15. The molecule has 1 aromatic rings. The Hall–Kier alpha value is -0.870. The first-order chi connectivity index (χ1) is 8.49. The third-order valence-electron chi connectivity index (χ3n) is 2.34. The van der Waals surface area contributed by atoms with Crippen LogP contribution in [0.25, 0.3) is 0 Å². The van der Waals surface area contributed by atoms with Gasteiger partial charge in [0, 0.05) is 35.8 Å². The summed E-state index contributed by atoms with van der Waals surface area (Å²) in [4.78, 5) is 0.961. The third kappa shape index (κ3) is 4.42. The van der Waals surface area contributed by atoms with E-state index in [4.69, 9.17) is 5.11 Å². The van der Waals surface area contributed by atoms with Crippen LogP contribution in [0.1, 0.15) is 23.8 Å². The highest BCUT2D eigenvalue weighted by Crippen LogP contribution is 2.17. The van der Waals surface area contributed by atoms with Crippen molar-refractivity contribution in [3.05, 3.63) is 21.9 Å². The molecule has 0 saturated heterocycles. The maximum Gasteiger partial charge on any atom is 0.213 e. The van der Waals surface area contributed by atoms with Crippen LogP contribution in [0.2, 0.25) is 0 Å². The lowest BCUT2D eigenvalue weighted by Crippen LogP contribution is -2.27. The fourth-order valence-corrected chi connectivity index (χ4v) is 3.01. The molecule has 0 aromatic carbocycles. The molecule has 0 aliphatic heterocycles. The maximum atomic E-state index is 11.6. The number of nitrogens with zero attached hydrogens (tertiary/aromatic N) is 1. The van der Waals surface area contributed by atoms with E-state index in [1.165, 1.54) is 15.6 Å². The van der Waals surface area contributed by atoms with Crippen molar-refractivity contribution in [3.8, 4) is 11.8 Å². The smallest absolute Gasteiger partial charge is 0.213 e. The topological polar surface area (TPSA) is 57.6 Å². The van der Waals surface area contributed by atoms with Crippen molar-refractivity contribution >= 4 is 21.4 Å². The van der Waals surface area contributed by atoms with Crippen LogP contribution in [-0.4, -0.2) is 37.2 Å². The van der Waals surface area contributed by atoms with Crippen LogP contribution in [0.5, 0.6) is 0 Å². The number of aliphatic hydroxyl groups is 1. The van der Waals surface area contributed by atoms with Gasteiger partial charge in [0.05, 0.1) is 12.4 Å². The van der Waals surface area contributed by atoms with Crippen molar-refractivity contribution in [1.29, 1.82) is 0 Å². The Bertz CT molecular complexity index is 537. The number of thiophene rings is 1. The second kappa shape index (κ2) is 6.90. The van der Waals surface area contributed by atoms with E-state index in [-0.39, 0.29) is 12.4 Å². The third-order valence-corrected chi connectivity index (χ3v) is 5.07. The summed E-state index contributed by atoms with van der Waals surface area (Å²) < 4.78 is 24.5. The van der Waals surface area contributed by atoms with E-state index in [0.29, 0.717) is 13.0 Å². The first-order valence-corrected chi connectivity index (χ1v) is 8.09. The second-order valence-corrected chi connectivity index (χ2v) is 7.09. The first-order valence-electron chi connectivity index (χ1n) is 5.60. The summed E-state index contributed by atoms with van der Waals surface area (Å²) in [6.45, 7) is 2.07. The molecule has 0 radical (unpaired) electrons. The normalized spacial score (nSPS) is 11.3. The van der Waals surface area contributed by atoms with Crippen LogP contribution in [0.3, 0.4) is 0 Å². The van der Waals surface area contributed by atoms with Gasteiger partial charge < -0.3 is 5.11 Å². The second-order valence-electron chi connectivity index (χ2n) is 3.73. The monoisotopic (exact) mass is 287 g/mol. The van der Waals surface area contributed by atoms with Gasteiger partial charge in [-0.2, -0.15) is 4.31 Å². The van der Waals surface area contributed by atoms with Crippen molar-refractivity contribution < 1.29 is 13.5 Å². The van der Waals surface area contributed by atoms with Crippen LogP contribution in [-0.2, 0) is 16.6 Å². The van der Waals surface area contributed by atoms with E-state index in [1.807, 2.05) is 11.4 Å². The summed E-state index contributed by atoms with van der Waals surface area (Å²) in [5.74, 6) is 5.87. The molecule has 0 fully saturated rings. The predicted molar refractivity (Wildman–Crippen MR) is 73.8 cm³/mol. The van der Waals surface area contributed by atoms with Gasteiger partial charge in [-0.25, -0.2) is 8.42 Å². The molecule has 100 valence electrons. The summed E-state index contributed by atoms with van der Waals surface area (Å²) in [7, 11) is -1.56. The fourth-order valence-electron chi connectivity index (χ4n) is 1.29. The zero-order valence-electron chi connectivity index (χ0n) is 10.5. The molecule has 0 amide bonds. The summed E-state index contributed by atoms with van der Waals surface area (Å²) in [6, 6.07) is 1.89. The van der Waals surface area contributed by atoms with E-state index in [2.05, 4.69) is 11.8 Å². The van der Waals surface area contributed by atoms with Gasteiger partial charge in [0.2, 0.25) is 10.0 Å². The largest absolute Gasteiger partial charge is 0.395 e. The van der Waals surface area contributed by atoms with E-state index >= 15 is 0 Å². The highest BCUT2D eigenvalue weighted by molar-refractivity contribution is 7.89. The van der Waals surface area contributed by atoms with Crippen molar-refractivity contribution in [3.63, 3.8) is 0 Å². The Morgan fingerprint density at radius 1 is 1.50 bits per heavy atom. The number of hydrogen-bond acceptors (Lipinski definition) is 4. The average molecular weight is 287 g/mol. The average Bonchev–Trinajstić information content (AvgIpc) is 2.77. The Morgan fingerprint density at radius 2 is 2.22 bits per heavy atom. The summed E-state index contributed by atoms with van der Waals surface area (Å²) in [5.41, 5.74) is 0.866. The van der Waals surface area contributed by atoms with Crippen molar-refractivity contribution in [2.45, 2.75) is 19.9 Å². The van der Waals surface area contributed by atoms with Gasteiger partial charge in [0.1, 0.15) is 0 Å². The zero-order chi connectivity index (χ0) is 13.6. The lowest BCUT2D eigenvalue weighted by atomic mass is 10.3. The van der Waals surface area contributed by atoms with Gasteiger partial charge in [-0.15, -0.1) is 11.3 Å². The van der Waals surface area contributed by atoms with Gasteiger partial charge in [-0.3, -0.25) is 0 Å². The molecule has 4 nitrogen and oxygen atoms in total. The molecule has 0 bridgehead atoms. The molecule has 6 heteroatoms. The molecule has 0 saturated carbocycles. The molecule has 1 aromatic heterocycles. The molecule has 0 spiro atoms. The minimum Gasteiger partial charge on any atom is -0.395 e. The van der Waals surface area contributed by atoms with E-state index in [0.717, 1.165) is 10.4 Å². The molecular formula is C12H17NO3S2. The molecular weight excluding hydrogens is 270 g/mol. The number of sulfonamides is 1. The molecule has 1 rings (SSSR count). The van der Waals surface area contributed by atoms with Crippen LogP contribution < -0.4 is 0 Å². The molecule has 1 heterocycles. The summed E-state index contributed by atoms with van der Waals surface area (Å²) in [6.07, 6.45) is 0.454. The Morgan fingerprint density at radius 3 is 2.83 bits per heavy atom. The lowest BCUT2D eigenvalue weighted by molar-refractivity contribution is 0.305. The van der Waals surface area contributed by atoms with Gasteiger partial charge in [0.15, 0.2) is 0 Å². The highest BCUT2D eigenvalue weighted by atomic mass is 32.2. The van der Waals surface area contributed by atoms with Crippen LogP contribution in [0, 0.1) is 11.8 Å². The minimum absolute atomic E-state index is 0.0570. The lowest BCUT2D eigenvalue weighted by Gasteiger charge is -2.14. The van der Waals surface area contributed by atoms with E-state index in [1.54, 1.807) is 14.0 Å². The molecule has 1 N–H and O–H groups in total. The van der Waals surface area contributed by atoms with E-state index < -0.39 is 10.0 Å². The standard InChI is InChI=1S/C12H17NO3S2/c1-3-18(15,16)13(2)9-12-8-11(10-17-12)6-4-5-7-14/h8,10,14H,3,5,7,9H2,1-2H3. The molecule has 0 atom stereocenters. The molecule has 18 heavy (non-hydrogen) atoms. The molecule has 0 unspecified atom stereocenters. The first kappa shape index (κ1) is 15.2. The number of aliphatic hydroxyl groups excluding tert-OH is 1. The van der Waals surface area contributed by atoms with Crippen LogP contribution in [0.15, 0.2) is 11.4 Å². The summed E-state index contributed by atoms with van der Waals surface area (Å²) >= 11 is 1.49. The fraction of sp³-hybridized carbons (Fsp3) is 0.500. The Labute approximate surface area is 112 Å². The van der Waals surface area contributed by atoms with Gasteiger partial charge in [-0.05, 0) is 13.0 Å². The maximum absolute atomic E-state index is 11.6. The minimum atomic E-state index is -3.14. The van der Waals surface area contributed by atoms with E-state index in [9.17, 15) is 8.42 Å². The number of hydrogen-bond donors (Lipinski definition) is 1. The van der Waals surface area contributed by atoms with Gasteiger partial charge in [0.25, 0.3) is 0 Å². The number of rotatable bonds is 5. The van der Waals surface area contributed by atoms with Gasteiger partial charge >= 0.3 is 0 Å². The van der Waals surface area contributed by atoms with Crippen LogP contribution >= 0.6 is 11.3 Å². The quantitative estimate of drug-likeness (QED) is 0.830. The predicted octanol–water partition coefficient (Wildman–Crippen LogP) is 1.26. The van der Waals surface area contributed by atoms with Crippen molar-refractivity contribution in [2.24, 2.45) is 0 Å². The zero-order valence-corrected chi connectivity index (χ0v) is 12.1. The Balaban J connectivity index is 2.68. The SMILES string of the molecule is CCS(=O)(=O)N(C)Cc1cc(C#CCCO)cs1. The molecule has 0 aliphatic carbocycles. The summed E-state index contributed by atoms with van der Waals surface area (Å²) in [5, 5.41) is 10.5.